The van der Waals surface area contributed by atoms with Crippen molar-refractivity contribution in [1.82, 2.24) is 5.32 Å². The molecule has 0 spiro atoms. The molecule has 0 aromatic heterocycles. The van der Waals surface area contributed by atoms with Crippen molar-refractivity contribution in [2.24, 2.45) is 5.41 Å². The van der Waals surface area contributed by atoms with Gasteiger partial charge in [-0.05, 0) is 42.0 Å². The van der Waals surface area contributed by atoms with Gasteiger partial charge < -0.3 is 10.1 Å². The molecule has 0 saturated heterocycles. The van der Waals surface area contributed by atoms with E-state index in [2.05, 4.69) is 44.3 Å². The van der Waals surface area contributed by atoms with E-state index >= 15 is 0 Å². The van der Waals surface area contributed by atoms with Crippen LogP contribution in [0.15, 0.2) is 18.2 Å². The van der Waals surface area contributed by atoms with Crippen molar-refractivity contribution in [3.8, 4) is 5.75 Å². The second-order valence-corrected chi connectivity index (χ2v) is 7.47. The first-order valence-corrected chi connectivity index (χ1v) is 7.97. The van der Waals surface area contributed by atoms with Gasteiger partial charge in [0.05, 0.1) is 6.61 Å². The zero-order valence-corrected chi connectivity index (χ0v) is 13.6. The third kappa shape index (κ3) is 4.99. The smallest absolute Gasteiger partial charge is 0.122 e. The average Bonchev–Trinajstić information content (AvgIpc) is 2.79. The lowest BCUT2D eigenvalue weighted by Gasteiger charge is -2.22. The number of nitrogens with one attached hydrogen (secondary N) is 1. The highest BCUT2D eigenvalue weighted by Gasteiger charge is 2.16. The third-order valence-corrected chi connectivity index (χ3v) is 3.85. The van der Waals surface area contributed by atoms with Gasteiger partial charge in [0.25, 0.3) is 0 Å². The Morgan fingerprint density at radius 3 is 2.90 bits per heavy atom. The minimum atomic E-state index is 0.212. The summed E-state index contributed by atoms with van der Waals surface area (Å²) in [4.78, 5) is 0. The van der Waals surface area contributed by atoms with Crippen molar-refractivity contribution in [3.63, 3.8) is 0 Å². The molecule has 1 aromatic carbocycles. The van der Waals surface area contributed by atoms with E-state index < -0.39 is 0 Å². The molecule has 0 saturated carbocycles. The van der Waals surface area contributed by atoms with Crippen LogP contribution < -0.4 is 10.1 Å². The van der Waals surface area contributed by atoms with Crippen LogP contribution in [0.3, 0.4) is 0 Å². The lowest BCUT2D eigenvalue weighted by Crippen LogP contribution is -2.28. The van der Waals surface area contributed by atoms with Gasteiger partial charge in [0.15, 0.2) is 0 Å². The van der Waals surface area contributed by atoms with Crippen molar-refractivity contribution in [2.75, 3.05) is 19.7 Å². The number of hydrogen-bond acceptors (Lipinski definition) is 2. The van der Waals surface area contributed by atoms with Gasteiger partial charge in [0.2, 0.25) is 0 Å². The molecular formula is C17H26ClNO. The molecule has 1 atom stereocenters. The molecule has 0 fully saturated rings. The second-order valence-electron chi connectivity index (χ2n) is 6.86. The maximum atomic E-state index is 6.34. The van der Waals surface area contributed by atoms with Crippen LogP contribution in [0.25, 0.3) is 0 Å². The summed E-state index contributed by atoms with van der Waals surface area (Å²) in [6.45, 7) is 9.39. The zero-order valence-electron chi connectivity index (χ0n) is 12.8. The Morgan fingerprint density at radius 2 is 2.15 bits per heavy atom. The first kappa shape index (κ1) is 15.7. The Hall–Kier alpha value is -0.730. The summed E-state index contributed by atoms with van der Waals surface area (Å²) < 4.78 is 5.52. The Labute approximate surface area is 127 Å². The number of halogens is 1. The molecule has 2 nitrogen and oxygen atoms in total. The molecular weight excluding hydrogens is 270 g/mol. The molecule has 2 rings (SSSR count). The summed E-state index contributed by atoms with van der Waals surface area (Å²) in [5.74, 6) is 1.06. The van der Waals surface area contributed by atoms with Gasteiger partial charge in [-0.2, -0.15) is 0 Å². The molecule has 1 aromatic rings. The summed E-state index contributed by atoms with van der Waals surface area (Å²) >= 11 is 6.34. The van der Waals surface area contributed by atoms with Gasteiger partial charge in [-0.1, -0.05) is 32.9 Å². The predicted molar refractivity (Wildman–Crippen MR) is 85.9 cm³/mol. The lowest BCUT2D eigenvalue weighted by molar-refractivity contribution is 0.357. The monoisotopic (exact) mass is 295 g/mol. The van der Waals surface area contributed by atoms with E-state index in [1.807, 2.05) is 0 Å². The summed E-state index contributed by atoms with van der Waals surface area (Å²) in [7, 11) is 0. The van der Waals surface area contributed by atoms with Crippen LogP contribution in [-0.2, 0) is 12.8 Å². The van der Waals surface area contributed by atoms with E-state index in [1.54, 1.807) is 0 Å². The minimum absolute atomic E-state index is 0.212. The van der Waals surface area contributed by atoms with Gasteiger partial charge in [0.1, 0.15) is 5.75 Å². The average molecular weight is 296 g/mol. The maximum absolute atomic E-state index is 6.34. The van der Waals surface area contributed by atoms with E-state index in [0.29, 0.717) is 5.41 Å². The predicted octanol–water partition coefficient (Wildman–Crippen LogP) is 3.80. The molecule has 0 bridgehead atoms. The number of alkyl halides is 1. The molecule has 3 heteroatoms. The largest absolute Gasteiger partial charge is 0.493 e. The van der Waals surface area contributed by atoms with E-state index in [-0.39, 0.29) is 5.38 Å². The van der Waals surface area contributed by atoms with Gasteiger partial charge in [-0.25, -0.2) is 0 Å². The SMILES string of the molecule is CC(C)(C)CC(Cl)CNCCc1ccc2c(c1)CCO2. The van der Waals surface area contributed by atoms with Crippen LogP contribution in [0.4, 0.5) is 0 Å². The quantitative estimate of drug-likeness (QED) is 0.637. The van der Waals surface area contributed by atoms with Crippen LogP contribution in [0.1, 0.15) is 38.3 Å². The number of fused-ring (bicyclic) bond motifs is 1. The minimum Gasteiger partial charge on any atom is -0.493 e. The third-order valence-electron chi connectivity index (χ3n) is 3.54. The van der Waals surface area contributed by atoms with E-state index in [0.717, 1.165) is 44.7 Å². The van der Waals surface area contributed by atoms with Gasteiger partial charge in [-0.3, -0.25) is 0 Å². The molecule has 1 aliphatic heterocycles. The fourth-order valence-electron chi connectivity index (χ4n) is 2.62. The summed E-state index contributed by atoms with van der Waals surface area (Å²) in [5, 5.41) is 3.67. The van der Waals surface area contributed by atoms with Crippen molar-refractivity contribution in [2.45, 2.75) is 45.4 Å². The molecule has 1 heterocycles. The maximum Gasteiger partial charge on any atom is 0.122 e. The van der Waals surface area contributed by atoms with Gasteiger partial charge in [-0.15, -0.1) is 11.6 Å². The van der Waals surface area contributed by atoms with Crippen molar-refractivity contribution < 1.29 is 4.74 Å². The number of hydrogen-bond donors (Lipinski definition) is 1. The van der Waals surface area contributed by atoms with Crippen LogP contribution >= 0.6 is 11.6 Å². The Balaban J connectivity index is 1.68. The zero-order chi connectivity index (χ0) is 14.6. The Kier molecular flexibility index (Phi) is 5.34. The van der Waals surface area contributed by atoms with Crippen molar-refractivity contribution in [1.29, 1.82) is 0 Å². The number of ether oxygens (including phenoxy) is 1. The van der Waals surface area contributed by atoms with Gasteiger partial charge in [0, 0.05) is 18.3 Å². The molecule has 0 amide bonds. The topological polar surface area (TPSA) is 21.3 Å². The summed E-state index contributed by atoms with van der Waals surface area (Å²) in [6, 6.07) is 6.54. The van der Waals surface area contributed by atoms with Crippen molar-refractivity contribution in [3.05, 3.63) is 29.3 Å². The van der Waals surface area contributed by atoms with E-state index in [1.165, 1.54) is 11.1 Å². The highest BCUT2D eigenvalue weighted by molar-refractivity contribution is 6.20. The normalized spacial score (nSPS) is 15.8. The first-order chi connectivity index (χ1) is 9.44. The Morgan fingerprint density at radius 1 is 1.35 bits per heavy atom. The highest BCUT2D eigenvalue weighted by Crippen LogP contribution is 2.26. The Bertz CT molecular complexity index is 439. The first-order valence-electron chi connectivity index (χ1n) is 7.53. The molecule has 20 heavy (non-hydrogen) atoms. The highest BCUT2D eigenvalue weighted by atomic mass is 35.5. The van der Waals surface area contributed by atoms with Crippen LogP contribution in [0.2, 0.25) is 0 Å². The fourth-order valence-corrected chi connectivity index (χ4v) is 3.20. The van der Waals surface area contributed by atoms with Crippen LogP contribution in [0, 0.1) is 5.41 Å². The van der Waals surface area contributed by atoms with Gasteiger partial charge >= 0.3 is 0 Å². The molecule has 0 aliphatic carbocycles. The number of benzene rings is 1. The van der Waals surface area contributed by atoms with E-state index in [9.17, 15) is 0 Å². The van der Waals surface area contributed by atoms with Crippen molar-refractivity contribution >= 4 is 11.6 Å². The number of rotatable bonds is 6. The second kappa shape index (κ2) is 6.82. The van der Waals surface area contributed by atoms with E-state index in [4.69, 9.17) is 16.3 Å². The summed E-state index contributed by atoms with van der Waals surface area (Å²) in [5.41, 5.74) is 3.03. The summed E-state index contributed by atoms with van der Waals surface area (Å²) in [6.07, 6.45) is 3.14. The molecule has 1 aliphatic rings. The molecule has 112 valence electrons. The van der Waals surface area contributed by atoms with Crippen LogP contribution in [-0.4, -0.2) is 25.1 Å². The molecule has 1 unspecified atom stereocenters. The molecule has 0 radical (unpaired) electrons. The van der Waals surface area contributed by atoms with Crippen LogP contribution in [0.5, 0.6) is 5.75 Å². The lowest BCUT2D eigenvalue weighted by atomic mass is 9.90. The molecule has 1 N–H and O–H groups in total. The fraction of sp³-hybridized carbons (Fsp3) is 0.647. The standard InChI is InChI=1S/C17H26ClNO/c1-17(2,3)11-15(18)12-19-8-6-13-4-5-16-14(10-13)7-9-20-16/h4-5,10,15,19H,6-9,11-12H2,1-3H3.